The van der Waals surface area contributed by atoms with Gasteiger partial charge in [0.15, 0.2) is 17.1 Å². The molecular formula is C39H38Cl3FN6O7. The van der Waals surface area contributed by atoms with E-state index >= 15 is 4.39 Å². The molecule has 0 spiro atoms. The number of H-pyrrole nitrogens is 2. The van der Waals surface area contributed by atoms with Crippen LogP contribution >= 0.6 is 34.8 Å². The fourth-order valence-corrected chi connectivity index (χ4v) is 8.11. The molecule has 13 nitrogen and oxygen atoms in total. The van der Waals surface area contributed by atoms with Crippen LogP contribution in [0.2, 0.25) is 15.1 Å². The van der Waals surface area contributed by atoms with E-state index in [0.29, 0.717) is 68.0 Å². The smallest absolute Gasteiger partial charge is 0.417 e. The van der Waals surface area contributed by atoms with E-state index in [-0.39, 0.29) is 78.7 Å². The first-order valence-electron chi connectivity index (χ1n) is 18.0. The van der Waals surface area contributed by atoms with Crippen molar-refractivity contribution in [2.24, 2.45) is 23.3 Å². The van der Waals surface area contributed by atoms with Crippen LogP contribution in [0, 0.1) is 24.6 Å². The molecule has 2 saturated heterocycles. The van der Waals surface area contributed by atoms with Crippen LogP contribution in [0.15, 0.2) is 62.7 Å². The van der Waals surface area contributed by atoms with Gasteiger partial charge in [-0.3, -0.25) is 19.4 Å². The number of oxazole rings is 1. The largest absolute Gasteiger partial charge is 0.508 e. The molecule has 17 heteroatoms. The van der Waals surface area contributed by atoms with Gasteiger partial charge in [-0.1, -0.05) is 34.8 Å². The van der Waals surface area contributed by atoms with Crippen LogP contribution < -0.4 is 27.5 Å². The average Bonchev–Trinajstić information content (AvgIpc) is 3.58. The van der Waals surface area contributed by atoms with Gasteiger partial charge < -0.3 is 40.5 Å². The van der Waals surface area contributed by atoms with Crippen LogP contribution in [0.5, 0.6) is 17.2 Å². The average molecular weight is 828 g/mol. The lowest BCUT2D eigenvalue weighted by Crippen LogP contribution is -2.41. The summed E-state index contributed by atoms with van der Waals surface area (Å²) in [6.45, 7) is 3.16. The second-order valence-electron chi connectivity index (χ2n) is 14.3. The highest BCUT2D eigenvalue weighted by Gasteiger charge is 2.34. The molecule has 2 fully saturated rings. The van der Waals surface area contributed by atoms with Gasteiger partial charge in [0.2, 0.25) is 5.56 Å². The van der Waals surface area contributed by atoms with Crippen molar-refractivity contribution >= 4 is 57.7 Å². The van der Waals surface area contributed by atoms with E-state index in [0.717, 1.165) is 5.56 Å². The lowest BCUT2D eigenvalue weighted by molar-refractivity contribution is 0.0670. The number of aryl methyl sites for hydroxylation is 1. The number of nitrogens with two attached hydrogens (primary N) is 2. The van der Waals surface area contributed by atoms with Crippen LogP contribution in [0.3, 0.4) is 0 Å². The maximum Gasteiger partial charge on any atom is 0.417 e. The predicted octanol–water partition coefficient (Wildman–Crippen LogP) is 6.82. The summed E-state index contributed by atoms with van der Waals surface area (Å²) in [5, 5.41) is 10.5. The molecular weight excluding hydrogens is 790 g/mol. The zero-order chi connectivity index (χ0) is 40.0. The molecule has 2 aliphatic heterocycles. The first kappa shape index (κ1) is 39.4. The Labute approximate surface area is 334 Å². The number of hydrogen-bond acceptors (Lipinski definition) is 9. The molecule has 7 N–H and O–H groups in total. The monoisotopic (exact) mass is 826 g/mol. The van der Waals surface area contributed by atoms with Gasteiger partial charge >= 0.3 is 5.76 Å². The highest BCUT2D eigenvalue weighted by atomic mass is 35.5. The molecule has 4 heterocycles. The molecule has 0 radical (unpaired) electrons. The standard InChI is InChI=1S/C39H38Cl3FN6O7/c1-18-12-27(50)23(15-24(18)40)34(44)19-4-8-49(9-5-19)38(53)22-13-26-36(56-39(54)47-26)29(14-22)55-28-16-25(41)32(42)33(43)31(28)35(45)20-6-10-48(11-7-20)37(52)21-2-3-30(51)46-17-21/h2-3,12-17,19-20,34-35,50H,4-11,44-45H2,1H3,(H,46,51)(H,47,54)/t34-,35-/m1/s1. The van der Waals surface area contributed by atoms with Crippen LogP contribution in [0.4, 0.5) is 4.39 Å². The van der Waals surface area contributed by atoms with Crippen molar-refractivity contribution in [3.8, 4) is 17.2 Å². The number of pyridine rings is 1. The summed E-state index contributed by atoms with van der Waals surface area (Å²) >= 11 is 18.9. The third-order valence-corrected chi connectivity index (χ3v) is 12.0. The lowest BCUT2D eigenvalue weighted by Gasteiger charge is -2.35. The number of phenols is 1. The van der Waals surface area contributed by atoms with E-state index < -0.39 is 23.7 Å². The molecule has 2 amide bonds. The van der Waals surface area contributed by atoms with Crippen LogP contribution in [0.1, 0.15) is 75.2 Å². The van der Waals surface area contributed by atoms with Crippen LogP contribution in [0.25, 0.3) is 11.1 Å². The van der Waals surface area contributed by atoms with Gasteiger partial charge in [0.25, 0.3) is 11.8 Å². The summed E-state index contributed by atoms with van der Waals surface area (Å²) < 4.78 is 27.7. The molecule has 3 aromatic carbocycles. The Kier molecular flexibility index (Phi) is 11.2. The zero-order valence-corrected chi connectivity index (χ0v) is 32.3. The minimum atomic E-state index is -0.964. The first-order valence-corrected chi connectivity index (χ1v) is 19.1. The number of amides is 2. The normalized spacial score (nSPS) is 16.6. The molecule has 56 heavy (non-hydrogen) atoms. The maximum absolute atomic E-state index is 16.1. The maximum atomic E-state index is 16.1. The van der Waals surface area contributed by atoms with Crippen molar-refractivity contribution in [1.82, 2.24) is 19.8 Å². The van der Waals surface area contributed by atoms with Gasteiger partial charge in [-0.2, -0.15) is 0 Å². The number of fused-ring (bicyclic) bond motifs is 1. The summed E-state index contributed by atoms with van der Waals surface area (Å²) in [6.07, 6.45) is 3.29. The van der Waals surface area contributed by atoms with Crippen molar-refractivity contribution in [2.75, 3.05) is 26.2 Å². The van der Waals surface area contributed by atoms with Crippen LogP contribution in [-0.4, -0.2) is 62.9 Å². The topological polar surface area (TPSA) is 201 Å². The quantitative estimate of drug-likeness (QED) is 0.104. The molecule has 0 unspecified atom stereocenters. The Morgan fingerprint density at radius 1 is 0.875 bits per heavy atom. The molecule has 0 aliphatic carbocycles. The Bertz CT molecular complexity index is 2430. The summed E-state index contributed by atoms with van der Waals surface area (Å²) in [7, 11) is 0. The number of aromatic nitrogens is 2. The molecule has 0 bridgehead atoms. The van der Waals surface area contributed by atoms with E-state index in [2.05, 4.69) is 9.97 Å². The number of nitrogens with zero attached hydrogens (tertiary/aromatic N) is 2. The van der Waals surface area contributed by atoms with Gasteiger partial charge in [0.1, 0.15) is 11.5 Å². The van der Waals surface area contributed by atoms with Gasteiger partial charge in [-0.25, -0.2) is 9.18 Å². The van der Waals surface area contributed by atoms with E-state index in [4.69, 9.17) is 55.4 Å². The van der Waals surface area contributed by atoms with E-state index in [1.165, 1.54) is 36.5 Å². The number of ether oxygens (including phenoxy) is 1. The SMILES string of the molecule is Cc1cc(O)c([C@H](N)C2CCN(C(=O)c3cc(Oc4cc(Cl)c(Cl)c(F)c4[C@H](N)C4CCN(C(=O)c5ccc(=O)[nH]c5)CC4)c4oc(=O)[nH]c4c3)CC2)cc1Cl. The zero-order valence-electron chi connectivity index (χ0n) is 30.0. The van der Waals surface area contributed by atoms with Crippen molar-refractivity contribution in [3.05, 3.63) is 118 Å². The molecule has 7 rings (SSSR count). The number of likely N-dealkylation sites (tertiary alicyclic amines) is 2. The number of aromatic hydroxyl groups is 1. The number of carbonyl (C=O) groups excluding carboxylic acids is 2. The third-order valence-electron chi connectivity index (χ3n) is 10.8. The molecule has 0 saturated carbocycles. The lowest BCUT2D eigenvalue weighted by atomic mass is 9.85. The van der Waals surface area contributed by atoms with E-state index in [1.807, 2.05) is 0 Å². The Morgan fingerprint density at radius 3 is 2.12 bits per heavy atom. The number of rotatable bonds is 8. The summed E-state index contributed by atoms with van der Waals surface area (Å²) in [5.41, 5.74) is 14.8. The fraction of sp³-hybridized carbons (Fsp3) is 0.333. The highest BCUT2D eigenvalue weighted by molar-refractivity contribution is 6.42. The molecule has 294 valence electrons. The fourth-order valence-electron chi connectivity index (χ4n) is 7.60. The van der Waals surface area contributed by atoms with E-state index in [1.54, 1.807) is 28.9 Å². The van der Waals surface area contributed by atoms with Crippen molar-refractivity contribution in [1.29, 1.82) is 0 Å². The number of aromatic amines is 2. The number of piperidine rings is 2. The van der Waals surface area contributed by atoms with Gasteiger partial charge in [0.05, 0.1) is 21.1 Å². The number of nitrogens with one attached hydrogen (secondary N) is 2. The summed E-state index contributed by atoms with van der Waals surface area (Å²) in [6, 6.07) is 8.73. The molecule has 2 atom stereocenters. The van der Waals surface area contributed by atoms with E-state index in [9.17, 15) is 24.3 Å². The second kappa shape index (κ2) is 15.9. The minimum Gasteiger partial charge on any atom is -0.508 e. The van der Waals surface area contributed by atoms with Gasteiger partial charge in [-0.15, -0.1) is 0 Å². The Balaban J connectivity index is 1.11. The van der Waals surface area contributed by atoms with Crippen LogP contribution in [-0.2, 0) is 0 Å². The Morgan fingerprint density at radius 2 is 1.50 bits per heavy atom. The Hall–Kier alpha value is -4.86. The molecule has 2 aliphatic rings. The number of hydrogen-bond donors (Lipinski definition) is 5. The second-order valence-corrected chi connectivity index (χ2v) is 15.5. The minimum absolute atomic E-state index is 0.0205. The summed E-state index contributed by atoms with van der Waals surface area (Å²) in [4.78, 5) is 59.2. The number of phenolic OH excluding ortho intramolecular Hbond substituents is 1. The number of carbonyl (C=O) groups is 2. The first-order chi connectivity index (χ1) is 26.7. The summed E-state index contributed by atoms with van der Waals surface area (Å²) in [5.74, 6) is -2.76. The predicted molar refractivity (Wildman–Crippen MR) is 209 cm³/mol. The number of halogens is 4. The molecule has 5 aromatic rings. The van der Waals surface area contributed by atoms with Gasteiger partial charge in [-0.05, 0) is 80.3 Å². The third kappa shape index (κ3) is 7.76. The van der Waals surface area contributed by atoms with Crippen molar-refractivity contribution < 1.29 is 28.2 Å². The van der Waals surface area contributed by atoms with Crippen molar-refractivity contribution in [2.45, 2.75) is 44.7 Å². The van der Waals surface area contributed by atoms with Gasteiger partial charge in [0, 0.05) is 78.3 Å². The highest BCUT2D eigenvalue weighted by Crippen LogP contribution is 2.44. The molecule has 2 aromatic heterocycles. The number of benzene rings is 3. The van der Waals surface area contributed by atoms with Crippen molar-refractivity contribution in [3.63, 3.8) is 0 Å².